The zero-order valence-electron chi connectivity index (χ0n) is 15.2. The van der Waals surface area contributed by atoms with Gasteiger partial charge in [0.25, 0.3) is 4.84 Å². The number of amides is 1. The van der Waals surface area contributed by atoms with Crippen molar-refractivity contribution in [1.29, 1.82) is 0 Å². The van der Waals surface area contributed by atoms with E-state index in [1.54, 1.807) is 6.20 Å². The molecule has 0 atom stereocenters. The molecule has 3 aromatic rings. The molecule has 6 nitrogen and oxygen atoms in total. The number of oxazole rings is 1. The lowest BCUT2D eigenvalue weighted by molar-refractivity contribution is -0.121. The molecule has 1 aliphatic heterocycles. The molecule has 140 valence electrons. The fraction of sp³-hybridized carbons (Fsp3) is 0.350. The number of aryl methyl sites for hydroxylation is 1. The second kappa shape index (κ2) is 7.62. The highest BCUT2D eigenvalue weighted by Crippen LogP contribution is 2.22. The van der Waals surface area contributed by atoms with Crippen LogP contribution in [-0.2, 0) is 11.5 Å². The number of fused-ring (bicyclic) bond motifs is 1. The number of hydrogen-bond acceptors (Lipinski definition) is 5. The van der Waals surface area contributed by atoms with Crippen LogP contribution in [0.25, 0.3) is 11.1 Å². The van der Waals surface area contributed by atoms with Crippen LogP contribution in [0.3, 0.4) is 0 Å². The molecule has 0 aliphatic carbocycles. The molecular weight excluding hydrogens is 360 g/mol. The number of hydrogen-bond donors (Lipinski definition) is 1. The minimum atomic E-state index is 0.0124. The lowest BCUT2D eigenvalue weighted by Gasteiger charge is -2.31. The summed E-state index contributed by atoms with van der Waals surface area (Å²) in [6.45, 7) is 4.36. The number of anilines is 1. The topological polar surface area (TPSA) is 63.3 Å². The van der Waals surface area contributed by atoms with Crippen molar-refractivity contribution in [2.24, 2.45) is 5.92 Å². The van der Waals surface area contributed by atoms with Crippen LogP contribution < -0.4 is 5.32 Å². The molecule has 1 aromatic carbocycles. The largest absolute Gasteiger partial charge is 0.429 e. The van der Waals surface area contributed by atoms with Gasteiger partial charge in [0.1, 0.15) is 5.82 Å². The van der Waals surface area contributed by atoms with Gasteiger partial charge < -0.3 is 9.73 Å². The summed E-state index contributed by atoms with van der Waals surface area (Å²) in [6, 6.07) is 11.7. The minimum absolute atomic E-state index is 0.0124. The third kappa shape index (κ3) is 3.94. The number of likely N-dealkylation sites (tertiary alicyclic amines) is 1. The van der Waals surface area contributed by atoms with Gasteiger partial charge >= 0.3 is 0 Å². The number of nitrogens with zero attached hydrogens (tertiary/aromatic N) is 3. The van der Waals surface area contributed by atoms with Crippen LogP contribution in [-0.4, -0.2) is 33.4 Å². The van der Waals surface area contributed by atoms with Crippen LogP contribution in [0.5, 0.6) is 0 Å². The molecule has 2 aromatic heterocycles. The summed E-state index contributed by atoms with van der Waals surface area (Å²) in [6.07, 6.45) is 3.40. The van der Waals surface area contributed by atoms with E-state index in [2.05, 4.69) is 15.2 Å². The molecule has 0 spiro atoms. The molecule has 4 rings (SSSR count). The average molecular weight is 382 g/mol. The number of carbonyl (C=O) groups is 1. The molecule has 0 saturated carbocycles. The summed E-state index contributed by atoms with van der Waals surface area (Å²) < 4.78 is 7.67. The molecule has 3 heterocycles. The SMILES string of the molecule is Cc1ccc(NC(=O)C2CCN(Cn3c(=S)oc4ccccc43)CC2)nc1. The standard InChI is InChI=1S/C20H22N4O2S/c1-14-6-7-18(21-12-14)22-19(25)15-8-10-23(11-9-15)13-24-16-4-2-3-5-17(16)26-20(24)27/h2-7,12,15H,8-11,13H2,1H3,(H,21,22,25). The van der Waals surface area contributed by atoms with E-state index in [1.807, 2.05) is 47.9 Å². The van der Waals surface area contributed by atoms with Crippen LogP contribution in [0.2, 0.25) is 0 Å². The fourth-order valence-corrected chi connectivity index (χ4v) is 3.70. The average Bonchev–Trinajstić information content (AvgIpc) is 2.99. The molecule has 1 N–H and O–H groups in total. The highest BCUT2D eigenvalue weighted by Gasteiger charge is 2.25. The lowest BCUT2D eigenvalue weighted by Crippen LogP contribution is -2.39. The highest BCUT2D eigenvalue weighted by atomic mass is 32.1. The van der Waals surface area contributed by atoms with E-state index in [9.17, 15) is 4.79 Å². The first kappa shape index (κ1) is 17.9. The first-order chi connectivity index (χ1) is 13.1. The Morgan fingerprint density at radius 2 is 2.04 bits per heavy atom. The molecule has 1 amide bonds. The van der Waals surface area contributed by atoms with Crippen LogP contribution in [0.1, 0.15) is 18.4 Å². The predicted octanol–water partition coefficient (Wildman–Crippen LogP) is 3.98. The van der Waals surface area contributed by atoms with Crippen molar-refractivity contribution in [3.05, 3.63) is 53.0 Å². The Kier molecular flexibility index (Phi) is 5.05. The van der Waals surface area contributed by atoms with E-state index in [-0.39, 0.29) is 11.8 Å². The molecule has 0 bridgehead atoms. The molecule has 1 saturated heterocycles. The number of para-hydroxylation sites is 2. The third-order valence-corrected chi connectivity index (χ3v) is 5.34. The van der Waals surface area contributed by atoms with Gasteiger partial charge in [-0.05, 0) is 55.7 Å². The van der Waals surface area contributed by atoms with E-state index >= 15 is 0 Å². The van der Waals surface area contributed by atoms with Gasteiger partial charge in [-0.15, -0.1) is 0 Å². The van der Waals surface area contributed by atoms with Gasteiger partial charge in [0.2, 0.25) is 5.91 Å². The summed E-state index contributed by atoms with van der Waals surface area (Å²) in [5.41, 5.74) is 2.89. The maximum Gasteiger partial charge on any atom is 0.270 e. The summed E-state index contributed by atoms with van der Waals surface area (Å²) in [5.74, 6) is 0.680. The number of rotatable bonds is 4. The molecule has 27 heavy (non-hydrogen) atoms. The second-order valence-corrected chi connectivity index (χ2v) is 7.36. The molecular formula is C20H22N4O2S. The Morgan fingerprint density at radius 3 is 2.78 bits per heavy atom. The number of nitrogens with one attached hydrogen (secondary N) is 1. The minimum Gasteiger partial charge on any atom is -0.429 e. The maximum atomic E-state index is 12.5. The van der Waals surface area contributed by atoms with Gasteiger partial charge in [-0.25, -0.2) is 4.98 Å². The van der Waals surface area contributed by atoms with Crippen molar-refractivity contribution in [1.82, 2.24) is 14.5 Å². The number of piperidine rings is 1. The number of carbonyl (C=O) groups excluding carboxylic acids is 1. The third-order valence-electron chi connectivity index (χ3n) is 5.04. The molecule has 0 radical (unpaired) electrons. The second-order valence-electron chi connectivity index (χ2n) is 7.01. The van der Waals surface area contributed by atoms with Gasteiger partial charge in [0.15, 0.2) is 5.58 Å². The lowest BCUT2D eigenvalue weighted by atomic mass is 9.96. The normalized spacial score (nSPS) is 15.9. The van der Waals surface area contributed by atoms with E-state index in [0.717, 1.165) is 42.6 Å². The first-order valence-electron chi connectivity index (χ1n) is 9.14. The van der Waals surface area contributed by atoms with E-state index in [0.29, 0.717) is 17.3 Å². The van der Waals surface area contributed by atoms with Gasteiger partial charge in [0.05, 0.1) is 12.2 Å². The first-order valence-corrected chi connectivity index (χ1v) is 9.55. The highest BCUT2D eigenvalue weighted by molar-refractivity contribution is 7.71. The maximum absolute atomic E-state index is 12.5. The molecule has 0 unspecified atom stereocenters. The van der Waals surface area contributed by atoms with Gasteiger partial charge in [0, 0.05) is 25.2 Å². The van der Waals surface area contributed by atoms with Gasteiger partial charge in [-0.1, -0.05) is 18.2 Å². The molecule has 7 heteroatoms. The summed E-state index contributed by atoms with van der Waals surface area (Å²) in [5, 5.41) is 2.93. The van der Waals surface area contributed by atoms with Gasteiger partial charge in [-0.3, -0.25) is 14.3 Å². The van der Waals surface area contributed by atoms with Crippen molar-refractivity contribution >= 4 is 35.0 Å². The van der Waals surface area contributed by atoms with Crippen molar-refractivity contribution in [3.8, 4) is 0 Å². The fourth-order valence-electron chi connectivity index (χ4n) is 3.45. The van der Waals surface area contributed by atoms with Crippen LogP contribution in [0, 0.1) is 17.7 Å². The van der Waals surface area contributed by atoms with E-state index in [1.165, 1.54) is 0 Å². The van der Waals surface area contributed by atoms with E-state index < -0.39 is 0 Å². The summed E-state index contributed by atoms with van der Waals surface area (Å²) >= 11 is 5.37. The molecule has 1 fully saturated rings. The van der Waals surface area contributed by atoms with Crippen LogP contribution in [0.15, 0.2) is 47.0 Å². The van der Waals surface area contributed by atoms with Gasteiger partial charge in [-0.2, -0.15) is 0 Å². The Hall–Kier alpha value is -2.51. The number of pyridine rings is 1. The van der Waals surface area contributed by atoms with Crippen molar-refractivity contribution in [2.45, 2.75) is 26.4 Å². The smallest absolute Gasteiger partial charge is 0.270 e. The number of benzene rings is 1. The van der Waals surface area contributed by atoms with Crippen molar-refractivity contribution < 1.29 is 9.21 Å². The van der Waals surface area contributed by atoms with Crippen molar-refractivity contribution in [3.63, 3.8) is 0 Å². The number of aromatic nitrogens is 2. The van der Waals surface area contributed by atoms with E-state index in [4.69, 9.17) is 16.6 Å². The summed E-state index contributed by atoms with van der Waals surface area (Å²) in [4.78, 5) is 19.5. The Bertz CT molecular complexity index is 1000. The van der Waals surface area contributed by atoms with Crippen LogP contribution in [0.4, 0.5) is 5.82 Å². The summed E-state index contributed by atoms with van der Waals surface area (Å²) in [7, 11) is 0. The zero-order valence-corrected chi connectivity index (χ0v) is 16.0. The predicted molar refractivity (Wildman–Crippen MR) is 107 cm³/mol. The van der Waals surface area contributed by atoms with Crippen LogP contribution >= 0.6 is 12.2 Å². The zero-order chi connectivity index (χ0) is 18.8. The molecule has 1 aliphatic rings. The Balaban J connectivity index is 1.36. The van der Waals surface area contributed by atoms with Crippen molar-refractivity contribution in [2.75, 3.05) is 18.4 Å². The monoisotopic (exact) mass is 382 g/mol. The Labute approximate surface area is 162 Å². The Morgan fingerprint density at radius 1 is 1.26 bits per heavy atom. The quantitative estimate of drug-likeness (QED) is 0.692.